The van der Waals surface area contributed by atoms with E-state index in [2.05, 4.69) is 4.98 Å². The van der Waals surface area contributed by atoms with Crippen LogP contribution in [0.4, 0.5) is 5.69 Å². The van der Waals surface area contributed by atoms with Crippen LogP contribution in [0.5, 0.6) is 0 Å². The molecule has 0 bridgehead atoms. The summed E-state index contributed by atoms with van der Waals surface area (Å²) >= 11 is 0. The molecule has 0 aliphatic carbocycles. The zero-order chi connectivity index (χ0) is 18.8. The van der Waals surface area contributed by atoms with Crippen LogP contribution in [0.3, 0.4) is 0 Å². The molecule has 0 radical (unpaired) electrons. The van der Waals surface area contributed by atoms with Gasteiger partial charge >= 0.3 is 0 Å². The number of pyridine rings is 1. The van der Waals surface area contributed by atoms with Crippen LogP contribution >= 0.6 is 0 Å². The van der Waals surface area contributed by atoms with E-state index in [1.807, 2.05) is 51.1 Å². The molecule has 3 rings (SSSR count). The first-order valence-corrected chi connectivity index (χ1v) is 8.67. The van der Waals surface area contributed by atoms with Gasteiger partial charge in [-0.25, -0.2) is 0 Å². The maximum atomic E-state index is 12.9. The third-order valence-electron chi connectivity index (χ3n) is 4.48. The van der Waals surface area contributed by atoms with Crippen LogP contribution in [0.25, 0.3) is 0 Å². The number of aliphatic hydroxyl groups is 1. The van der Waals surface area contributed by atoms with Crippen LogP contribution in [0.15, 0.2) is 60.1 Å². The van der Waals surface area contributed by atoms with Gasteiger partial charge in [0.05, 0.1) is 11.6 Å². The number of ketones is 1. The van der Waals surface area contributed by atoms with Gasteiger partial charge in [0.15, 0.2) is 11.5 Å². The Morgan fingerprint density at radius 1 is 1.23 bits per heavy atom. The molecule has 1 amide bonds. The number of nitrogens with zero attached hydrogens (tertiary/aromatic N) is 2. The number of carbonyl (C=O) groups is 2. The summed E-state index contributed by atoms with van der Waals surface area (Å²) in [6.45, 7) is 5.77. The molecule has 5 nitrogen and oxygen atoms in total. The summed E-state index contributed by atoms with van der Waals surface area (Å²) < 4.78 is 0. The molecule has 1 N–H and O–H groups in total. The number of aryl methyl sites for hydroxylation is 1. The van der Waals surface area contributed by atoms with Gasteiger partial charge in [-0.1, -0.05) is 38.1 Å². The molecule has 0 saturated heterocycles. The summed E-state index contributed by atoms with van der Waals surface area (Å²) in [5, 5.41) is 10.5. The van der Waals surface area contributed by atoms with E-state index in [9.17, 15) is 14.7 Å². The highest BCUT2D eigenvalue weighted by molar-refractivity contribution is 6.16. The Morgan fingerprint density at radius 2 is 1.96 bits per heavy atom. The monoisotopic (exact) mass is 350 g/mol. The number of rotatable bonds is 5. The van der Waals surface area contributed by atoms with E-state index < -0.39 is 17.7 Å². The van der Waals surface area contributed by atoms with Crippen molar-refractivity contribution in [1.82, 2.24) is 4.98 Å². The number of aliphatic hydroxyl groups excluding tert-OH is 1. The first-order chi connectivity index (χ1) is 12.4. The Morgan fingerprint density at radius 3 is 2.58 bits per heavy atom. The number of hydrogen-bond acceptors (Lipinski definition) is 4. The minimum atomic E-state index is -0.677. The SMILES string of the molecule is Cc1ccccc1N1C(=O)C(O)=C(C(=O)CC(C)C)C1c1cccnc1. The Hall–Kier alpha value is -2.95. The predicted octanol–water partition coefficient (Wildman–Crippen LogP) is 3.91. The molecular formula is C21H22N2O3. The minimum Gasteiger partial charge on any atom is -0.503 e. The van der Waals surface area contributed by atoms with Gasteiger partial charge in [0.25, 0.3) is 5.91 Å². The molecule has 1 aromatic heterocycles. The summed E-state index contributed by atoms with van der Waals surface area (Å²) in [6.07, 6.45) is 3.53. The van der Waals surface area contributed by atoms with E-state index >= 15 is 0 Å². The standard InChI is InChI=1S/C21H22N2O3/c1-13(2)11-17(24)18-19(15-8-6-10-22-12-15)23(21(26)20(18)25)16-9-5-4-7-14(16)3/h4-10,12-13,19,25H,11H2,1-3H3. The zero-order valence-corrected chi connectivity index (χ0v) is 15.1. The van der Waals surface area contributed by atoms with Crippen LogP contribution in [0.1, 0.15) is 37.4 Å². The van der Waals surface area contributed by atoms with Crippen LogP contribution < -0.4 is 4.90 Å². The van der Waals surface area contributed by atoms with Crippen molar-refractivity contribution in [3.05, 3.63) is 71.3 Å². The number of anilines is 1. The molecular weight excluding hydrogens is 328 g/mol. The maximum absolute atomic E-state index is 12.9. The number of benzene rings is 1. The molecule has 0 saturated carbocycles. The predicted molar refractivity (Wildman–Crippen MR) is 99.8 cm³/mol. The first-order valence-electron chi connectivity index (χ1n) is 8.67. The summed E-state index contributed by atoms with van der Waals surface area (Å²) in [5.74, 6) is -1.11. The van der Waals surface area contributed by atoms with Crippen LogP contribution in [-0.2, 0) is 9.59 Å². The van der Waals surface area contributed by atoms with E-state index in [1.165, 1.54) is 4.90 Å². The van der Waals surface area contributed by atoms with Gasteiger partial charge in [-0.15, -0.1) is 0 Å². The summed E-state index contributed by atoms with van der Waals surface area (Å²) in [7, 11) is 0. The number of amides is 1. The van der Waals surface area contributed by atoms with Crippen molar-refractivity contribution in [3.63, 3.8) is 0 Å². The largest absolute Gasteiger partial charge is 0.503 e. The average molecular weight is 350 g/mol. The highest BCUT2D eigenvalue weighted by atomic mass is 16.3. The quantitative estimate of drug-likeness (QED) is 0.888. The highest BCUT2D eigenvalue weighted by Gasteiger charge is 2.44. The lowest BCUT2D eigenvalue weighted by Crippen LogP contribution is -2.31. The topological polar surface area (TPSA) is 70.5 Å². The molecule has 0 fully saturated rings. The summed E-state index contributed by atoms with van der Waals surface area (Å²) in [4.78, 5) is 31.4. The zero-order valence-electron chi connectivity index (χ0n) is 15.1. The smallest absolute Gasteiger partial charge is 0.294 e. The lowest BCUT2D eigenvalue weighted by Gasteiger charge is -2.28. The third-order valence-corrected chi connectivity index (χ3v) is 4.48. The third kappa shape index (κ3) is 3.12. The fourth-order valence-electron chi connectivity index (χ4n) is 3.31. The number of Topliss-reactive ketones (excluding diaryl/α,β-unsaturated/α-hetero) is 1. The lowest BCUT2D eigenvalue weighted by molar-refractivity contribution is -0.118. The highest BCUT2D eigenvalue weighted by Crippen LogP contribution is 2.42. The van der Waals surface area contributed by atoms with E-state index in [1.54, 1.807) is 18.5 Å². The molecule has 0 spiro atoms. The van der Waals surface area contributed by atoms with E-state index in [4.69, 9.17) is 0 Å². The lowest BCUT2D eigenvalue weighted by atomic mass is 9.92. The molecule has 26 heavy (non-hydrogen) atoms. The van der Waals surface area contributed by atoms with Crippen molar-refractivity contribution in [3.8, 4) is 0 Å². The molecule has 5 heteroatoms. The average Bonchev–Trinajstić information content (AvgIpc) is 2.87. The molecule has 2 heterocycles. The first kappa shape index (κ1) is 17.9. The molecule has 134 valence electrons. The van der Waals surface area contributed by atoms with Crippen molar-refractivity contribution < 1.29 is 14.7 Å². The van der Waals surface area contributed by atoms with Crippen molar-refractivity contribution in [2.75, 3.05) is 4.90 Å². The number of aromatic nitrogens is 1. The molecule has 1 aliphatic rings. The summed E-state index contributed by atoms with van der Waals surface area (Å²) in [6, 6.07) is 10.3. The van der Waals surface area contributed by atoms with Crippen LogP contribution in [0.2, 0.25) is 0 Å². The summed E-state index contributed by atoms with van der Waals surface area (Å²) in [5.41, 5.74) is 2.41. The van der Waals surface area contributed by atoms with Gasteiger partial charge in [0.2, 0.25) is 0 Å². The van der Waals surface area contributed by atoms with E-state index in [0.29, 0.717) is 11.3 Å². The normalized spacial score (nSPS) is 17.3. The molecule has 1 aromatic carbocycles. The molecule has 2 aromatic rings. The van der Waals surface area contributed by atoms with Crippen molar-refractivity contribution >= 4 is 17.4 Å². The number of carbonyl (C=O) groups excluding carboxylic acids is 2. The fourth-order valence-corrected chi connectivity index (χ4v) is 3.31. The van der Waals surface area contributed by atoms with Gasteiger partial charge < -0.3 is 5.11 Å². The Kier molecular flexibility index (Phi) is 4.89. The van der Waals surface area contributed by atoms with Crippen molar-refractivity contribution in [2.24, 2.45) is 5.92 Å². The number of para-hydroxylation sites is 1. The van der Waals surface area contributed by atoms with Gasteiger partial charge in [0, 0.05) is 24.5 Å². The van der Waals surface area contributed by atoms with Gasteiger partial charge in [-0.05, 0) is 36.1 Å². The second kappa shape index (κ2) is 7.12. The van der Waals surface area contributed by atoms with Crippen molar-refractivity contribution in [2.45, 2.75) is 33.2 Å². The molecule has 1 atom stereocenters. The van der Waals surface area contributed by atoms with E-state index in [0.717, 1.165) is 5.56 Å². The second-order valence-electron chi connectivity index (χ2n) is 6.93. The van der Waals surface area contributed by atoms with Gasteiger partial charge in [-0.2, -0.15) is 0 Å². The molecule has 1 unspecified atom stereocenters. The molecule has 1 aliphatic heterocycles. The van der Waals surface area contributed by atoms with Crippen LogP contribution in [0, 0.1) is 12.8 Å². The fraction of sp³-hybridized carbons (Fsp3) is 0.286. The minimum absolute atomic E-state index is 0.125. The second-order valence-corrected chi connectivity index (χ2v) is 6.93. The Bertz CT molecular complexity index is 872. The van der Waals surface area contributed by atoms with E-state index in [-0.39, 0.29) is 23.7 Å². The Labute approximate surface area is 153 Å². The van der Waals surface area contributed by atoms with Crippen molar-refractivity contribution in [1.29, 1.82) is 0 Å². The number of hydrogen-bond donors (Lipinski definition) is 1. The maximum Gasteiger partial charge on any atom is 0.294 e. The van der Waals surface area contributed by atoms with Gasteiger partial charge in [-0.3, -0.25) is 19.5 Å². The van der Waals surface area contributed by atoms with Gasteiger partial charge in [0.1, 0.15) is 0 Å². The van der Waals surface area contributed by atoms with Crippen LogP contribution in [-0.4, -0.2) is 21.8 Å². The Balaban J connectivity index is 2.16.